The van der Waals surface area contributed by atoms with Crippen LogP contribution in [-0.4, -0.2) is 47.5 Å². The molecule has 1 aromatic heterocycles. The third kappa shape index (κ3) is 3.71. The minimum atomic E-state index is 0.0948. The molecule has 0 saturated carbocycles. The van der Waals surface area contributed by atoms with Gasteiger partial charge in [0.2, 0.25) is 5.91 Å². The lowest BCUT2D eigenvalue weighted by molar-refractivity contribution is -0.127. The molecule has 1 heterocycles. The van der Waals surface area contributed by atoms with Crippen molar-refractivity contribution in [3.63, 3.8) is 0 Å². The number of aromatic nitrogens is 2. The molecule has 0 aliphatic heterocycles. The van der Waals surface area contributed by atoms with Crippen LogP contribution in [-0.2, 0) is 11.3 Å². The zero-order valence-corrected chi connectivity index (χ0v) is 9.53. The highest BCUT2D eigenvalue weighted by atomic mass is 16.2. The molecular weight excluding hydrogens is 192 g/mol. The zero-order chi connectivity index (χ0) is 11.3. The molecule has 1 N–H and O–H groups in total. The Balaban J connectivity index is 2.18. The Labute approximate surface area is 90.1 Å². The van der Waals surface area contributed by atoms with Gasteiger partial charge in [0.1, 0.15) is 5.82 Å². The summed E-state index contributed by atoms with van der Waals surface area (Å²) < 4.78 is 2.05. The average Bonchev–Trinajstić information content (AvgIpc) is 2.58. The van der Waals surface area contributed by atoms with Gasteiger partial charge in [-0.2, -0.15) is 0 Å². The molecule has 0 fully saturated rings. The SMILES string of the molecule is Cc1nccn1CCNCC(=O)N(C)C. The minimum Gasteiger partial charge on any atom is -0.348 e. The summed E-state index contributed by atoms with van der Waals surface area (Å²) >= 11 is 0. The second-order valence-electron chi connectivity index (χ2n) is 3.63. The van der Waals surface area contributed by atoms with Gasteiger partial charge in [-0.05, 0) is 6.92 Å². The molecule has 0 aliphatic carbocycles. The van der Waals surface area contributed by atoms with Crippen molar-refractivity contribution in [2.24, 2.45) is 0 Å². The molecule has 1 aromatic rings. The first kappa shape index (κ1) is 11.7. The number of rotatable bonds is 5. The predicted octanol–water partition coefficient (Wildman–Crippen LogP) is -0.131. The van der Waals surface area contributed by atoms with E-state index in [4.69, 9.17) is 0 Å². The Morgan fingerprint density at radius 1 is 1.60 bits per heavy atom. The van der Waals surface area contributed by atoms with Crippen molar-refractivity contribution in [3.05, 3.63) is 18.2 Å². The minimum absolute atomic E-state index is 0.0948. The fourth-order valence-corrected chi connectivity index (χ4v) is 1.19. The maximum absolute atomic E-state index is 11.2. The molecule has 5 nitrogen and oxygen atoms in total. The summed E-state index contributed by atoms with van der Waals surface area (Å²) in [4.78, 5) is 16.9. The molecule has 1 rings (SSSR count). The molecule has 84 valence electrons. The molecule has 15 heavy (non-hydrogen) atoms. The third-order valence-electron chi connectivity index (χ3n) is 2.23. The van der Waals surface area contributed by atoms with E-state index in [1.807, 2.05) is 17.7 Å². The summed E-state index contributed by atoms with van der Waals surface area (Å²) in [6.07, 6.45) is 3.71. The van der Waals surface area contributed by atoms with Gasteiger partial charge < -0.3 is 14.8 Å². The Kier molecular flexibility index (Phi) is 4.30. The van der Waals surface area contributed by atoms with Crippen LogP contribution >= 0.6 is 0 Å². The van der Waals surface area contributed by atoms with Crippen molar-refractivity contribution in [3.8, 4) is 0 Å². The fraction of sp³-hybridized carbons (Fsp3) is 0.600. The van der Waals surface area contributed by atoms with E-state index in [2.05, 4.69) is 10.3 Å². The predicted molar refractivity (Wildman–Crippen MR) is 58.5 cm³/mol. The molecule has 0 atom stereocenters. The standard InChI is InChI=1S/C10H18N4O/c1-9-12-5-7-14(9)6-4-11-8-10(15)13(2)3/h5,7,11H,4,6,8H2,1-3H3. The number of carbonyl (C=O) groups excluding carboxylic acids is 1. The van der Waals surface area contributed by atoms with Gasteiger partial charge in [-0.15, -0.1) is 0 Å². The Hall–Kier alpha value is -1.36. The van der Waals surface area contributed by atoms with Crippen LogP contribution in [0.2, 0.25) is 0 Å². The number of carbonyl (C=O) groups is 1. The smallest absolute Gasteiger partial charge is 0.236 e. The van der Waals surface area contributed by atoms with Gasteiger partial charge in [-0.25, -0.2) is 4.98 Å². The van der Waals surface area contributed by atoms with Gasteiger partial charge in [0.15, 0.2) is 0 Å². The summed E-state index contributed by atoms with van der Waals surface area (Å²) in [7, 11) is 3.51. The first-order valence-electron chi connectivity index (χ1n) is 5.00. The number of hydrogen-bond donors (Lipinski definition) is 1. The van der Waals surface area contributed by atoms with E-state index in [0.717, 1.165) is 18.9 Å². The molecule has 1 amide bonds. The van der Waals surface area contributed by atoms with E-state index >= 15 is 0 Å². The van der Waals surface area contributed by atoms with Crippen LogP contribution in [0.3, 0.4) is 0 Å². The monoisotopic (exact) mass is 210 g/mol. The largest absolute Gasteiger partial charge is 0.348 e. The molecule has 0 radical (unpaired) electrons. The normalized spacial score (nSPS) is 10.3. The van der Waals surface area contributed by atoms with Gasteiger partial charge in [-0.3, -0.25) is 4.79 Å². The molecule has 0 aliphatic rings. The van der Waals surface area contributed by atoms with Crippen LogP contribution in [0.4, 0.5) is 0 Å². The number of nitrogens with one attached hydrogen (secondary N) is 1. The van der Waals surface area contributed by atoms with Gasteiger partial charge in [0, 0.05) is 39.6 Å². The van der Waals surface area contributed by atoms with Crippen molar-refractivity contribution in [2.45, 2.75) is 13.5 Å². The van der Waals surface area contributed by atoms with Crippen LogP contribution < -0.4 is 5.32 Å². The molecule has 0 bridgehead atoms. The summed E-state index contributed by atoms with van der Waals surface area (Å²) in [6.45, 7) is 3.97. The second-order valence-corrected chi connectivity index (χ2v) is 3.63. The molecule has 0 aromatic carbocycles. The van der Waals surface area contributed by atoms with Crippen molar-refractivity contribution in [1.82, 2.24) is 19.8 Å². The number of hydrogen-bond acceptors (Lipinski definition) is 3. The van der Waals surface area contributed by atoms with Gasteiger partial charge in [-0.1, -0.05) is 0 Å². The van der Waals surface area contributed by atoms with Gasteiger partial charge >= 0.3 is 0 Å². The highest BCUT2D eigenvalue weighted by molar-refractivity contribution is 5.77. The maximum atomic E-state index is 11.2. The van der Waals surface area contributed by atoms with Crippen LogP contribution in [0.15, 0.2) is 12.4 Å². The molecule has 0 unspecified atom stereocenters. The van der Waals surface area contributed by atoms with E-state index in [1.54, 1.807) is 25.2 Å². The highest BCUT2D eigenvalue weighted by Crippen LogP contribution is 1.93. The fourth-order valence-electron chi connectivity index (χ4n) is 1.19. The summed E-state index contributed by atoms with van der Waals surface area (Å²) in [6, 6.07) is 0. The Bertz CT molecular complexity index is 319. The second kappa shape index (κ2) is 5.50. The molecule has 0 saturated heterocycles. The first-order valence-corrected chi connectivity index (χ1v) is 5.00. The lowest BCUT2D eigenvalue weighted by atomic mass is 10.5. The lowest BCUT2D eigenvalue weighted by Crippen LogP contribution is -2.34. The van der Waals surface area contributed by atoms with Gasteiger partial charge in [0.05, 0.1) is 6.54 Å². The van der Waals surface area contributed by atoms with Crippen LogP contribution in [0.25, 0.3) is 0 Å². The first-order chi connectivity index (χ1) is 7.11. The van der Waals surface area contributed by atoms with Crippen molar-refractivity contribution in [2.75, 3.05) is 27.2 Å². The zero-order valence-electron chi connectivity index (χ0n) is 9.53. The highest BCUT2D eigenvalue weighted by Gasteiger charge is 2.02. The van der Waals surface area contributed by atoms with E-state index in [9.17, 15) is 4.79 Å². The summed E-state index contributed by atoms with van der Waals surface area (Å²) in [5.74, 6) is 1.09. The van der Waals surface area contributed by atoms with Crippen molar-refractivity contribution >= 4 is 5.91 Å². The van der Waals surface area contributed by atoms with Crippen LogP contribution in [0.1, 0.15) is 5.82 Å². The van der Waals surface area contributed by atoms with Crippen molar-refractivity contribution in [1.29, 1.82) is 0 Å². The number of imidazole rings is 1. The lowest BCUT2D eigenvalue weighted by Gasteiger charge is -2.11. The average molecular weight is 210 g/mol. The van der Waals surface area contributed by atoms with E-state index in [-0.39, 0.29) is 5.91 Å². The topological polar surface area (TPSA) is 50.2 Å². The number of aryl methyl sites for hydroxylation is 1. The number of amides is 1. The van der Waals surface area contributed by atoms with Crippen LogP contribution in [0, 0.1) is 6.92 Å². The van der Waals surface area contributed by atoms with Gasteiger partial charge in [0.25, 0.3) is 0 Å². The number of likely N-dealkylation sites (N-methyl/N-ethyl adjacent to an activating group) is 1. The number of nitrogens with zero attached hydrogens (tertiary/aromatic N) is 3. The maximum Gasteiger partial charge on any atom is 0.236 e. The third-order valence-corrected chi connectivity index (χ3v) is 2.23. The quantitative estimate of drug-likeness (QED) is 0.689. The summed E-state index contributed by atoms with van der Waals surface area (Å²) in [5, 5.41) is 3.09. The molecule has 0 spiro atoms. The van der Waals surface area contributed by atoms with Crippen molar-refractivity contribution < 1.29 is 4.79 Å². The van der Waals surface area contributed by atoms with E-state index in [0.29, 0.717) is 6.54 Å². The summed E-state index contributed by atoms with van der Waals surface area (Å²) in [5.41, 5.74) is 0. The Morgan fingerprint density at radius 2 is 2.33 bits per heavy atom. The van der Waals surface area contributed by atoms with Crippen LogP contribution in [0.5, 0.6) is 0 Å². The molecular formula is C10H18N4O. The van der Waals surface area contributed by atoms with E-state index in [1.165, 1.54) is 0 Å². The van der Waals surface area contributed by atoms with E-state index < -0.39 is 0 Å². The molecule has 5 heteroatoms. The Morgan fingerprint density at radius 3 is 2.87 bits per heavy atom.